The van der Waals surface area contributed by atoms with Gasteiger partial charge < -0.3 is 14.6 Å². The Morgan fingerprint density at radius 2 is 2.00 bits per heavy atom. The number of ether oxygens (including phenoxy) is 1. The van der Waals surface area contributed by atoms with Crippen LogP contribution in [0.2, 0.25) is 0 Å². The van der Waals surface area contributed by atoms with Crippen LogP contribution in [0.25, 0.3) is 0 Å². The van der Waals surface area contributed by atoms with Crippen molar-refractivity contribution in [2.24, 2.45) is 11.8 Å². The van der Waals surface area contributed by atoms with E-state index >= 15 is 0 Å². The van der Waals surface area contributed by atoms with Gasteiger partial charge in [0, 0.05) is 24.9 Å². The molecule has 120 valence electrons. The van der Waals surface area contributed by atoms with E-state index in [0.717, 1.165) is 25.9 Å². The monoisotopic (exact) mass is 293 g/mol. The summed E-state index contributed by atoms with van der Waals surface area (Å²) in [7, 11) is 0. The van der Waals surface area contributed by atoms with Gasteiger partial charge in [0.2, 0.25) is 0 Å². The minimum atomic E-state index is 0.274. The Labute approximate surface area is 129 Å². The second-order valence-electron chi connectivity index (χ2n) is 6.39. The van der Waals surface area contributed by atoms with Crippen molar-refractivity contribution in [1.29, 1.82) is 0 Å². The molecular formula is C17H31N3O. The first kappa shape index (κ1) is 16.5. The molecule has 0 amide bonds. The standard InChI is InChI=1S/C17H31N3O/c1-6-8-18-16(15-12(3)13(4)21-14(15)5)17-19-9-11-20(17)10-7-2/h9,11-16,18H,6-8,10H2,1-5H3. The summed E-state index contributed by atoms with van der Waals surface area (Å²) in [5.74, 6) is 2.19. The molecule has 0 radical (unpaired) electrons. The van der Waals surface area contributed by atoms with E-state index in [0.29, 0.717) is 17.9 Å². The number of imidazole rings is 1. The van der Waals surface area contributed by atoms with Crippen molar-refractivity contribution in [3.8, 4) is 0 Å². The normalized spacial score (nSPS) is 30.7. The fourth-order valence-corrected chi connectivity index (χ4v) is 3.60. The highest BCUT2D eigenvalue weighted by Crippen LogP contribution is 2.40. The van der Waals surface area contributed by atoms with Crippen molar-refractivity contribution in [2.45, 2.75) is 72.3 Å². The van der Waals surface area contributed by atoms with Crippen LogP contribution in [-0.4, -0.2) is 28.3 Å². The summed E-state index contributed by atoms with van der Waals surface area (Å²) in [6.45, 7) is 13.2. The lowest BCUT2D eigenvalue weighted by Gasteiger charge is -2.30. The Bertz CT molecular complexity index is 431. The van der Waals surface area contributed by atoms with Crippen molar-refractivity contribution in [3.05, 3.63) is 18.2 Å². The lowest BCUT2D eigenvalue weighted by Crippen LogP contribution is -2.37. The third-order valence-electron chi connectivity index (χ3n) is 4.81. The first-order chi connectivity index (χ1) is 10.1. The van der Waals surface area contributed by atoms with Crippen molar-refractivity contribution in [1.82, 2.24) is 14.9 Å². The van der Waals surface area contributed by atoms with Crippen LogP contribution < -0.4 is 5.32 Å². The summed E-state index contributed by atoms with van der Waals surface area (Å²) >= 11 is 0. The third-order valence-corrected chi connectivity index (χ3v) is 4.81. The maximum atomic E-state index is 6.07. The fraction of sp³-hybridized carbons (Fsp3) is 0.824. The van der Waals surface area contributed by atoms with Crippen LogP contribution in [0.1, 0.15) is 59.3 Å². The molecule has 1 N–H and O–H groups in total. The largest absolute Gasteiger partial charge is 0.375 e. The number of hydrogen-bond donors (Lipinski definition) is 1. The smallest absolute Gasteiger partial charge is 0.126 e. The Morgan fingerprint density at radius 3 is 2.57 bits per heavy atom. The molecule has 1 aliphatic rings. The Balaban J connectivity index is 2.27. The molecule has 1 aromatic heterocycles. The molecule has 1 aliphatic heterocycles. The van der Waals surface area contributed by atoms with Crippen molar-refractivity contribution in [3.63, 3.8) is 0 Å². The molecule has 4 heteroatoms. The minimum absolute atomic E-state index is 0.274. The van der Waals surface area contributed by atoms with Crippen LogP contribution in [0.4, 0.5) is 0 Å². The quantitative estimate of drug-likeness (QED) is 0.837. The van der Waals surface area contributed by atoms with Crippen LogP contribution in [0.5, 0.6) is 0 Å². The third kappa shape index (κ3) is 3.49. The number of aromatic nitrogens is 2. The molecule has 5 unspecified atom stereocenters. The minimum Gasteiger partial charge on any atom is -0.375 e. The molecule has 0 spiro atoms. The summed E-state index contributed by atoms with van der Waals surface area (Å²) in [4.78, 5) is 4.67. The molecule has 4 nitrogen and oxygen atoms in total. The number of hydrogen-bond acceptors (Lipinski definition) is 3. The molecule has 0 saturated carbocycles. The van der Waals surface area contributed by atoms with Gasteiger partial charge in [-0.05, 0) is 39.2 Å². The van der Waals surface area contributed by atoms with E-state index < -0.39 is 0 Å². The first-order valence-electron chi connectivity index (χ1n) is 8.50. The van der Waals surface area contributed by atoms with E-state index in [1.165, 1.54) is 5.82 Å². The van der Waals surface area contributed by atoms with Crippen LogP contribution in [0.3, 0.4) is 0 Å². The second-order valence-corrected chi connectivity index (χ2v) is 6.39. The molecule has 0 bridgehead atoms. The van der Waals surface area contributed by atoms with Crippen LogP contribution >= 0.6 is 0 Å². The molecular weight excluding hydrogens is 262 g/mol. The molecule has 1 saturated heterocycles. The average Bonchev–Trinajstić information content (AvgIpc) is 2.99. The lowest BCUT2D eigenvalue weighted by atomic mass is 9.83. The van der Waals surface area contributed by atoms with Crippen molar-refractivity contribution in [2.75, 3.05) is 6.54 Å². The maximum Gasteiger partial charge on any atom is 0.126 e. The van der Waals surface area contributed by atoms with E-state index in [4.69, 9.17) is 4.74 Å². The van der Waals surface area contributed by atoms with Gasteiger partial charge in [0.15, 0.2) is 0 Å². The van der Waals surface area contributed by atoms with Gasteiger partial charge >= 0.3 is 0 Å². The molecule has 0 aromatic carbocycles. The number of nitrogens with zero attached hydrogens (tertiary/aromatic N) is 2. The Kier molecular flexibility index (Phi) is 5.82. The molecule has 1 fully saturated rings. The van der Waals surface area contributed by atoms with Gasteiger partial charge in [-0.1, -0.05) is 20.8 Å². The predicted molar refractivity (Wildman–Crippen MR) is 86.2 cm³/mol. The van der Waals surface area contributed by atoms with Gasteiger partial charge in [-0.25, -0.2) is 4.98 Å². The summed E-state index contributed by atoms with van der Waals surface area (Å²) < 4.78 is 8.37. The first-order valence-corrected chi connectivity index (χ1v) is 8.50. The summed E-state index contributed by atoms with van der Waals surface area (Å²) in [6, 6.07) is 0.279. The van der Waals surface area contributed by atoms with E-state index in [1.54, 1.807) is 0 Å². The zero-order valence-electron chi connectivity index (χ0n) is 14.2. The van der Waals surface area contributed by atoms with Gasteiger partial charge in [0.05, 0.1) is 18.2 Å². The summed E-state index contributed by atoms with van der Waals surface area (Å²) in [5.41, 5.74) is 0. The Morgan fingerprint density at radius 1 is 1.24 bits per heavy atom. The second kappa shape index (κ2) is 7.41. The van der Waals surface area contributed by atoms with Gasteiger partial charge in [0.25, 0.3) is 0 Å². The highest BCUT2D eigenvalue weighted by Gasteiger charge is 2.43. The molecule has 0 aliphatic carbocycles. The lowest BCUT2D eigenvalue weighted by molar-refractivity contribution is 0.0470. The Hall–Kier alpha value is -0.870. The van der Waals surface area contributed by atoms with Crippen LogP contribution in [0.15, 0.2) is 12.4 Å². The zero-order valence-corrected chi connectivity index (χ0v) is 14.2. The molecule has 2 heterocycles. The summed E-state index contributed by atoms with van der Waals surface area (Å²) in [5, 5.41) is 3.73. The van der Waals surface area contributed by atoms with E-state index in [-0.39, 0.29) is 12.1 Å². The number of nitrogens with one attached hydrogen (secondary N) is 1. The van der Waals surface area contributed by atoms with Crippen LogP contribution in [-0.2, 0) is 11.3 Å². The van der Waals surface area contributed by atoms with Crippen LogP contribution in [0, 0.1) is 11.8 Å². The summed E-state index contributed by atoms with van der Waals surface area (Å²) in [6.07, 6.45) is 6.90. The SMILES string of the molecule is CCCNC(c1nccn1CCC)C1C(C)OC(C)C1C. The van der Waals surface area contributed by atoms with Gasteiger partial charge in [-0.15, -0.1) is 0 Å². The van der Waals surface area contributed by atoms with E-state index in [2.05, 4.69) is 55.7 Å². The van der Waals surface area contributed by atoms with Gasteiger partial charge in [-0.2, -0.15) is 0 Å². The number of rotatable bonds is 7. The van der Waals surface area contributed by atoms with Gasteiger partial charge in [-0.3, -0.25) is 0 Å². The highest BCUT2D eigenvalue weighted by molar-refractivity contribution is 5.06. The average molecular weight is 293 g/mol. The highest BCUT2D eigenvalue weighted by atomic mass is 16.5. The molecule has 2 rings (SSSR count). The maximum absolute atomic E-state index is 6.07. The molecule has 21 heavy (non-hydrogen) atoms. The van der Waals surface area contributed by atoms with Crippen molar-refractivity contribution >= 4 is 0 Å². The molecule has 5 atom stereocenters. The van der Waals surface area contributed by atoms with E-state index in [9.17, 15) is 0 Å². The topological polar surface area (TPSA) is 39.1 Å². The van der Waals surface area contributed by atoms with Gasteiger partial charge in [0.1, 0.15) is 5.82 Å². The van der Waals surface area contributed by atoms with E-state index in [1.807, 2.05) is 6.20 Å². The fourth-order valence-electron chi connectivity index (χ4n) is 3.60. The number of aryl methyl sites for hydroxylation is 1. The molecule has 1 aromatic rings. The zero-order chi connectivity index (χ0) is 15.4. The predicted octanol–water partition coefficient (Wildman–Crippen LogP) is 3.39. The van der Waals surface area contributed by atoms with Crippen molar-refractivity contribution < 1.29 is 4.74 Å².